The van der Waals surface area contributed by atoms with E-state index in [0.29, 0.717) is 5.92 Å². The largest absolute Gasteiger partial charge is 0.396 e. The molecule has 0 amide bonds. The Hall–Kier alpha value is -0.300. The summed E-state index contributed by atoms with van der Waals surface area (Å²) in [6.45, 7) is 4.32. The van der Waals surface area contributed by atoms with Crippen molar-refractivity contribution in [3.05, 3.63) is 12.2 Å². The molecule has 0 aromatic rings. The molecule has 1 atom stereocenters. The molecule has 0 spiro atoms. The van der Waals surface area contributed by atoms with E-state index in [4.69, 9.17) is 5.11 Å². The van der Waals surface area contributed by atoms with E-state index in [1.165, 1.54) is 0 Å². The molecule has 0 aliphatic heterocycles. The molecule has 0 aromatic carbocycles. The van der Waals surface area contributed by atoms with Crippen LogP contribution in [0.15, 0.2) is 12.2 Å². The standard InChI is InChI=1S/C7H14O/c1-3-5-7(4-2)6-8/h3,5,7-8H,4,6H2,1-2H3. The molecule has 8 heavy (non-hydrogen) atoms. The summed E-state index contributed by atoms with van der Waals surface area (Å²) in [6, 6.07) is 0. The lowest BCUT2D eigenvalue weighted by molar-refractivity contribution is 0.249. The van der Waals surface area contributed by atoms with E-state index in [-0.39, 0.29) is 6.61 Å². The molecule has 1 unspecified atom stereocenters. The molecule has 1 N–H and O–H groups in total. The van der Waals surface area contributed by atoms with Crippen LogP contribution in [-0.2, 0) is 0 Å². The first kappa shape index (κ1) is 7.70. The average molecular weight is 114 g/mol. The van der Waals surface area contributed by atoms with Crippen LogP contribution in [0.4, 0.5) is 0 Å². The Kier molecular flexibility index (Phi) is 4.67. The Balaban J connectivity index is 3.36. The molecule has 0 aliphatic carbocycles. The molecule has 0 fully saturated rings. The minimum absolute atomic E-state index is 0.279. The average Bonchev–Trinajstić information content (AvgIpc) is 1.83. The molecule has 0 heterocycles. The van der Waals surface area contributed by atoms with Crippen molar-refractivity contribution >= 4 is 0 Å². The summed E-state index contributed by atoms with van der Waals surface area (Å²) in [4.78, 5) is 0. The first-order chi connectivity index (χ1) is 3.85. The van der Waals surface area contributed by atoms with Gasteiger partial charge >= 0.3 is 0 Å². The van der Waals surface area contributed by atoms with Crippen LogP contribution in [0, 0.1) is 5.92 Å². The highest BCUT2D eigenvalue weighted by molar-refractivity contribution is 4.83. The molecule has 1 nitrogen and oxygen atoms in total. The van der Waals surface area contributed by atoms with Gasteiger partial charge in [-0.15, -0.1) is 0 Å². The zero-order valence-corrected chi connectivity index (χ0v) is 5.59. The maximum Gasteiger partial charge on any atom is 0.0493 e. The van der Waals surface area contributed by atoms with Crippen molar-refractivity contribution in [3.8, 4) is 0 Å². The van der Waals surface area contributed by atoms with Gasteiger partial charge in [0.15, 0.2) is 0 Å². The second-order valence-corrected chi connectivity index (χ2v) is 1.88. The number of hydrogen-bond acceptors (Lipinski definition) is 1. The van der Waals surface area contributed by atoms with Crippen LogP contribution in [0.2, 0.25) is 0 Å². The molecule has 0 aromatic heterocycles. The first-order valence-electron chi connectivity index (χ1n) is 3.08. The maximum atomic E-state index is 8.61. The third-order valence-electron chi connectivity index (χ3n) is 1.22. The summed E-state index contributed by atoms with van der Waals surface area (Å²) in [5.74, 6) is 0.375. The monoisotopic (exact) mass is 114 g/mol. The van der Waals surface area contributed by atoms with Crippen molar-refractivity contribution in [2.24, 2.45) is 5.92 Å². The van der Waals surface area contributed by atoms with Crippen molar-refractivity contribution in [2.75, 3.05) is 6.61 Å². The number of aliphatic hydroxyl groups is 1. The van der Waals surface area contributed by atoms with E-state index in [9.17, 15) is 0 Å². The second kappa shape index (κ2) is 4.85. The van der Waals surface area contributed by atoms with E-state index >= 15 is 0 Å². The fourth-order valence-corrected chi connectivity index (χ4v) is 0.598. The quantitative estimate of drug-likeness (QED) is 0.552. The number of aliphatic hydroxyl groups excluding tert-OH is 1. The Bertz CT molecular complexity index is 62.8. The van der Waals surface area contributed by atoms with Crippen LogP contribution in [0.3, 0.4) is 0 Å². The molecular formula is C7H14O. The van der Waals surface area contributed by atoms with Gasteiger partial charge in [0.2, 0.25) is 0 Å². The van der Waals surface area contributed by atoms with Crippen molar-refractivity contribution in [1.29, 1.82) is 0 Å². The number of hydrogen-bond donors (Lipinski definition) is 1. The van der Waals surface area contributed by atoms with Gasteiger partial charge in [-0.3, -0.25) is 0 Å². The number of allylic oxidation sites excluding steroid dienone is 1. The zero-order valence-electron chi connectivity index (χ0n) is 5.59. The molecule has 0 rings (SSSR count). The highest BCUT2D eigenvalue weighted by atomic mass is 16.3. The molecule has 0 bridgehead atoms. The summed E-state index contributed by atoms with van der Waals surface area (Å²) in [7, 11) is 0. The third kappa shape index (κ3) is 2.80. The fraction of sp³-hybridized carbons (Fsp3) is 0.714. The summed E-state index contributed by atoms with van der Waals surface area (Å²) in [5, 5.41) is 8.61. The Labute approximate surface area is 51.0 Å². The van der Waals surface area contributed by atoms with Crippen LogP contribution < -0.4 is 0 Å². The maximum absolute atomic E-state index is 8.61. The Morgan fingerprint density at radius 2 is 2.25 bits per heavy atom. The topological polar surface area (TPSA) is 20.2 Å². The normalized spacial score (nSPS) is 14.9. The molecule has 0 saturated heterocycles. The van der Waals surface area contributed by atoms with Crippen LogP contribution in [0.25, 0.3) is 0 Å². The predicted molar refractivity (Wildman–Crippen MR) is 35.7 cm³/mol. The van der Waals surface area contributed by atoms with E-state index in [0.717, 1.165) is 6.42 Å². The van der Waals surface area contributed by atoms with Gasteiger partial charge in [0.25, 0.3) is 0 Å². The van der Waals surface area contributed by atoms with Gasteiger partial charge in [-0.2, -0.15) is 0 Å². The van der Waals surface area contributed by atoms with Gasteiger partial charge in [-0.05, 0) is 19.3 Å². The minimum atomic E-state index is 0.279. The smallest absolute Gasteiger partial charge is 0.0493 e. The highest BCUT2D eigenvalue weighted by Crippen LogP contribution is 2.01. The van der Waals surface area contributed by atoms with Crippen molar-refractivity contribution in [2.45, 2.75) is 20.3 Å². The van der Waals surface area contributed by atoms with Gasteiger partial charge in [0, 0.05) is 6.61 Å². The van der Waals surface area contributed by atoms with Crippen molar-refractivity contribution in [3.63, 3.8) is 0 Å². The van der Waals surface area contributed by atoms with E-state index in [1.807, 2.05) is 19.1 Å². The van der Waals surface area contributed by atoms with Crippen molar-refractivity contribution in [1.82, 2.24) is 0 Å². The summed E-state index contributed by atoms with van der Waals surface area (Å²) >= 11 is 0. The predicted octanol–water partition coefficient (Wildman–Crippen LogP) is 1.58. The van der Waals surface area contributed by atoms with E-state index in [1.54, 1.807) is 0 Å². The summed E-state index contributed by atoms with van der Waals surface area (Å²) in [5.41, 5.74) is 0. The minimum Gasteiger partial charge on any atom is -0.396 e. The lowest BCUT2D eigenvalue weighted by Gasteiger charge is -2.01. The Morgan fingerprint density at radius 1 is 1.62 bits per heavy atom. The lowest BCUT2D eigenvalue weighted by Crippen LogP contribution is -1.98. The van der Waals surface area contributed by atoms with E-state index in [2.05, 4.69) is 6.92 Å². The zero-order chi connectivity index (χ0) is 6.41. The van der Waals surface area contributed by atoms with Gasteiger partial charge < -0.3 is 5.11 Å². The van der Waals surface area contributed by atoms with Gasteiger partial charge in [0.1, 0.15) is 0 Å². The van der Waals surface area contributed by atoms with Crippen LogP contribution in [0.1, 0.15) is 20.3 Å². The molecule has 1 heteroatoms. The molecule has 0 radical (unpaired) electrons. The van der Waals surface area contributed by atoms with Crippen LogP contribution in [-0.4, -0.2) is 11.7 Å². The highest BCUT2D eigenvalue weighted by Gasteiger charge is 1.95. The first-order valence-corrected chi connectivity index (χ1v) is 3.08. The SMILES string of the molecule is CC=CC(CC)CO. The second-order valence-electron chi connectivity index (χ2n) is 1.88. The molecule has 0 aliphatic rings. The number of rotatable bonds is 3. The van der Waals surface area contributed by atoms with Crippen molar-refractivity contribution < 1.29 is 5.11 Å². The van der Waals surface area contributed by atoms with Gasteiger partial charge in [-0.1, -0.05) is 19.1 Å². The lowest BCUT2D eigenvalue weighted by atomic mass is 10.1. The fourth-order valence-electron chi connectivity index (χ4n) is 0.598. The molecule has 0 saturated carbocycles. The van der Waals surface area contributed by atoms with Crippen LogP contribution >= 0.6 is 0 Å². The molecular weight excluding hydrogens is 100 g/mol. The summed E-state index contributed by atoms with van der Waals surface area (Å²) < 4.78 is 0. The third-order valence-corrected chi connectivity index (χ3v) is 1.22. The molecule has 48 valence electrons. The van der Waals surface area contributed by atoms with Gasteiger partial charge in [-0.25, -0.2) is 0 Å². The van der Waals surface area contributed by atoms with Gasteiger partial charge in [0.05, 0.1) is 0 Å². The Morgan fingerprint density at radius 3 is 2.38 bits per heavy atom. The van der Waals surface area contributed by atoms with Crippen LogP contribution in [0.5, 0.6) is 0 Å². The summed E-state index contributed by atoms with van der Waals surface area (Å²) in [6.07, 6.45) is 5.03. The van der Waals surface area contributed by atoms with E-state index < -0.39 is 0 Å².